The highest BCUT2D eigenvalue weighted by Gasteiger charge is 2.09. The summed E-state index contributed by atoms with van der Waals surface area (Å²) in [6, 6.07) is 5.40. The van der Waals surface area contributed by atoms with Crippen LogP contribution >= 0.6 is 15.9 Å². The fraction of sp³-hybridized carbons (Fsp3) is 0.455. The van der Waals surface area contributed by atoms with Crippen LogP contribution in [0.25, 0.3) is 0 Å². The number of aliphatic hydroxyl groups excluding tert-OH is 1. The highest BCUT2D eigenvalue weighted by Crippen LogP contribution is 2.28. The number of rotatable bonds is 5. The third kappa shape index (κ3) is 3.80. The molecule has 0 heterocycles. The van der Waals surface area contributed by atoms with Gasteiger partial charge in [-0.15, -0.1) is 0 Å². The van der Waals surface area contributed by atoms with E-state index in [0.717, 1.165) is 4.47 Å². The second-order valence-electron chi connectivity index (χ2n) is 3.25. The summed E-state index contributed by atoms with van der Waals surface area (Å²) in [5.74, 6) is 0.613. The van der Waals surface area contributed by atoms with E-state index in [-0.39, 0.29) is 6.67 Å². The van der Waals surface area contributed by atoms with Crippen molar-refractivity contribution in [2.45, 2.75) is 19.4 Å². The molecular formula is C11H14BrFO2. The average molecular weight is 277 g/mol. The Labute approximate surface area is 97.2 Å². The van der Waals surface area contributed by atoms with Gasteiger partial charge in [-0.1, -0.05) is 15.9 Å². The van der Waals surface area contributed by atoms with Crippen molar-refractivity contribution in [1.82, 2.24) is 0 Å². The molecule has 84 valence electrons. The molecule has 0 fully saturated rings. The van der Waals surface area contributed by atoms with E-state index in [0.29, 0.717) is 24.3 Å². The molecule has 1 aromatic carbocycles. The molecule has 0 bridgehead atoms. The summed E-state index contributed by atoms with van der Waals surface area (Å²) in [5, 5.41) is 9.51. The Morgan fingerprint density at radius 2 is 2.27 bits per heavy atom. The first-order chi connectivity index (χ1) is 7.15. The van der Waals surface area contributed by atoms with Crippen molar-refractivity contribution in [2.75, 3.05) is 13.3 Å². The number of hydrogen-bond acceptors (Lipinski definition) is 2. The van der Waals surface area contributed by atoms with Gasteiger partial charge in [0.15, 0.2) is 0 Å². The SMILES string of the molecule is C[C@@H](O)c1cc(Br)ccc1OCCCF. The predicted octanol–water partition coefficient (Wildman–Crippen LogP) is 3.24. The molecule has 0 amide bonds. The first kappa shape index (κ1) is 12.5. The fourth-order valence-corrected chi connectivity index (χ4v) is 1.59. The van der Waals surface area contributed by atoms with Crippen molar-refractivity contribution in [3.05, 3.63) is 28.2 Å². The Morgan fingerprint density at radius 1 is 1.53 bits per heavy atom. The normalized spacial score (nSPS) is 12.5. The smallest absolute Gasteiger partial charge is 0.125 e. The largest absolute Gasteiger partial charge is 0.493 e. The molecule has 0 aliphatic heterocycles. The van der Waals surface area contributed by atoms with E-state index in [9.17, 15) is 9.50 Å². The summed E-state index contributed by atoms with van der Waals surface area (Å²) >= 11 is 3.32. The molecule has 2 nitrogen and oxygen atoms in total. The molecule has 1 rings (SSSR count). The van der Waals surface area contributed by atoms with Crippen LogP contribution in [0.15, 0.2) is 22.7 Å². The number of halogens is 2. The van der Waals surface area contributed by atoms with Gasteiger partial charge in [-0.3, -0.25) is 4.39 Å². The average Bonchev–Trinajstić information content (AvgIpc) is 2.20. The van der Waals surface area contributed by atoms with Crippen molar-refractivity contribution in [1.29, 1.82) is 0 Å². The highest BCUT2D eigenvalue weighted by atomic mass is 79.9. The molecule has 1 aromatic rings. The number of hydrogen-bond donors (Lipinski definition) is 1. The van der Waals surface area contributed by atoms with E-state index in [1.165, 1.54) is 0 Å². The van der Waals surface area contributed by atoms with Crippen molar-refractivity contribution in [2.24, 2.45) is 0 Å². The van der Waals surface area contributed by atoms with Crippen LogP contribution in [-0.4, -0.2) is 18.4 Å². The van der Waals surface area contributed by atoms with Crippen LogP contribution in [0.1, 0.15) is 25.0 Å². The summed E-state index contributed by atoms with van der Waals surface area (Å²) in [6.07, 6.45) is -0.224. The first-order valence-corrected chi connectivity index (χ1v) is 5.60. The van der Waals surface area contributed by atoms with Gasteiger partial charge in [0.05, 0.1) is 19.4 Å². The second kappa shape index (κ2) is 6.08. The van der Waals surface area contributed by atoms with Gasteiger partial charge in [0.25, 0.3) is 0 Å². The van der Waals surface area contributed by atoms with Crippen LogP contribution in [0.2, 0.25) is 0 Å². The lowest BCUT2D eigenvalue weighted by molar-refractivity contribution is 0.190. The van der Waals surface area contributed by atoms with E-state index >= 15 is 0 Å². The van der Waals surface area contributed by atoms with Crippen LogP contribution in [0.3, 0.4) is 0 Å². The standard InChI is InChI=1S/C11H14BrFO2/c1-8(14)10-7-9(12)3-4-11(10)15-6-2-5-13/h3-4,7-8,14H,2,5-6H2,1H3/t8-/m1/s1. The minimum absolute atomic E-state index is 0.331. The minimum Gasteiger partial charge on any atom is -0.493 e. The van der Waals surface area contributed by atoms with E-state index in [1.54, 1.807) is 19.1 Å². The summed E-state index contributed by atoms with van der Waals surface area (Å²) < 4.78 is 18.1. The zero-order valence-corrected chi connectivity index (χ0v) is 10.1. The summed E-state index contributed by atoms with van der Waals surface area (Å²) in [4.78, 5) is 0. The molecule has 0 aromatic heterocycles. The molecular weight excluding hydrogens is 263 g/mol. The van der Waals surface area contributed by atoms with E-state index in [2.05, 4.69) is 15.9 Å². The minimum atomic E-state index is -0.595. The van der Waals surface area contributed by atoms with Gasteiger partial charge < -0.3 is 9.84 Å². The van der Waals surface area contributed by atoms with Crippen LogP contribution in [0.5, 0.6) is 5.75 Å². The fourth-order valence-electron chi connectivity index (χ4n) is 1.21. The molecule has 0 aliphatic rings. The van der Waals surface area contributed by atoms with Crippen LogP contribution < -0.4 is 4.74 Å². The molecule has 0 saturated carbocycles. The Morgan fingerprint density at radius 3 is 2.87 bits per heavy atom. The number of benzene rings is 1. The molecule has 0 radical (unpaired) electrons. The number of aliphatic hydroxyl groups is 1. The summed E-state index contributed by atoms with van der Waals surface area (Å²) in [7, 11) is 0. The van der Waals surface area contributed by atoms with Gasteiger partial charge in [-0.25, -0.2) is 0 Å². The lowest BCUT2D eigenvalue weighted by Crippen LogP contribution is -2.02. The Kier molecular flexibility index (Phi) is 5.05. The van der Waals surface area contributed by atoms with Gasteiger partial charge in [0.1, 0.15) is 5.75 Å². The van der Waals surface area contributed by atoms with E-state index < -0.39 is 6.10 Å². The zero-order chi connectivity index (χ0) is 11.3. The van der Waals surface area contributed by atoms with Gasteiger partial charge in [-0.2, -0.15) is 0 Å². The molecule has 4 heteroatoms. The molecule has 1 atom stereocenters. The first-order valence-electron chi connectivity index (χ1n) is 4.81. The molecule has 0 spiro atoms. The molecule has 0 aliphatic carbocycles. The Balaban J connectivity index is 2.77. The predicted molar refractivity (Wildman–Crippen MR) is 60.9 cm³/mol. The van der Waals surface area contributed by atoms with Crippen molar-refractivity contribution in [3.63, 3.8) is 0 Å². The molecule has 15 heavy (non-hydrogen) atoms. The Hall–Kier alpha value is -0.610. The van der Waals surface area contributed by atoms with Gasteiger partial charge in [0, 0.05) is 16.5 Å². The highest BCUT2D eigenvalue weighted by molar-refractivity contribution is 9.10. The summed E-state index contributed by atoms with van der Waals surface area (Å²) in [5.41, 5.74) is 0.711. The van der Waals surface area contributed by atoms with Crippen molar-refractivity contribution in [3.8, 4) is 5.75 Å². The maximum absolute atomic E-state index is 11.9. The molecule has 0 saturated heterocycles. The van der Waals surface area contributed by atoms with Crippen molar-refractivity contribution >= 4 is 15.9 Å². The summed E-state index contributed by atoms with van der Waals surface area (Å²) in [6.45, 7) is 1.61. The Bertz CT molecular complexity index is 315. The van der Waals surface area contributed by atoms with Crippen LogP contribution in [0, 0.1) is 0 Å². The van der Waals surface area contributed by atoms with Gasteiger partial charge in [-0.05, 0) is 25.1 Å². The van der Waals surface area contributed by atoms with E-state index in [4.69, 9.17) is 4.74 Å². The van der Waals surface area contributed by atoms with Crippen LogP contribution in [0.4, 0.5) is 4.39 Å². The molecule has 0 unspecified atom stereocenters. The van der Waals surface area contributed by atoms with Crippen LogP contribution in [-0.2, 0) is 0 Å². The third-order valence-corrected chi connectivity index (χ3v) is 2.45. The van der Waals surface area contributed by atoms with E-state index in [1.807, 2.05) is 6.07 Å². The molecule has 1 N–H and O–H groups in total. The number of ether oxygens (including phenoxy) is 1. The van der Waals surface area contributed by atoms with Crippen molar-refractivity contribution < 1.29 is 14.2 Å². The maximum Gasteiger partial charge on any atom is 0.125 e. The number of alkyl halides is 1. The quantitative estimate of drug-likeness (QED) is 0.837. The van der Waals surface area contributed by atoms with Gasteiger partial charge in [0.2, 0.25) is 0 Å². The zero-order valence-electron chi connectivity index (χ0n) is 8.54. The topological polar surface area (TPSA) is 29.5 Å². The monoisotopic (exact) mass is 276 g/mol. The second-order valence-corrected chi connectivity index (χ2v) is 4.16. The lowest BCUT2D eigenvalue weighted by atomic mass is 10.1. The van der Waals surface area contributed by atoms with Gasteiger partial charge >= 0.3 is 0 Å². The lowest BCUT2D eigenvalue weighted by Gasteiger charge is -2.13. The maximum atomic E-state index is 11.9. The third-order valence-electron chi connectivity index (χ3n) is 1.96.